The number of halogens is 1. The van der Waals surface area contributed by atoms with E-state index in [-0.39, 0.29) is 16.5 Å². The van der Waals surface area contributed by atoms with Gasteiger partial charge in [0.1, 0.15) is 5.82 Å². The summed E-state index contributed by atoms with van der Waals surface area (Å²) >= 11 is 0. The first-order chi connectivity index (χ1) is 13.2. The summed E-state index contributed by atoms with van der Waals surface area (Å²) in [5, 5.41) is 0. The van der Waals surface area contributed by atoms with Crippen LogP contribution in [-0.2, 0) is 10.0 Å². The number of sulfonamides is 1. The first-order valence-corrected chi connectivity index (χ1v) is 10.8. The van der Waals surface area contributed by atoms with Crippen LogP contribution < -0.4 is 4.72 Å². The van der Waals surface area contributed by atoms with Crippen LogP contribution in [0.25, 0.3) is 0 Å². The van der Waals surface area contributed by atoms with E-state index in [1.165, 1.54) is 30.3 Å². The van der Waals surface area contributed by atoms with Gasteiger partial charge in [-0.2, -0.15) is 0 Å². The zero-order valence-electron chi connectivity index (χ0n) is 16.3. The minimum atomic E-state index is -4.02. The number of benzene rings is 2. The highest BCUT2D eigenvalue weighted by molar-refractivity contribution is 7.92. The van der Waals surface area contributed by atoms with Gasteiger partial charge in [0.15, 0.2) is 0 Å². The van der Waals surface area contributed by atoms with Crippen LogP contribution in [0.3, 0.4) is 0 Å². The minimum Gasteiger partial charge on any atom is -0.338 e. The monoisotopic (exact) mass is 404 g/mol. The summed E-state index contributed by atoms with van der Waals surface area (Å²) in [5.74, 6) is -0.0186. The Kier molecular flexibility index (Phi) is 5.74. The van der Waals surface area contributed by atoms with Crippen LogP contribution in [0.5, 0.6) is 0 Å². The van der Waals surface area contributed by atoms with E-state index >= 15 is 0 Å². The van der Waals surface area contributed by atoms with Crippen molar-refractivity contribution in [3.8, 4) is 0 Å². The van der Waals surface area contributed by atoms with Crippen LogP contribution in [0.2, 0.25) is 0 Å². The summed E-state index contributed by atoms with van der Waals surface area (Å²) in [4.78, 5) is 14.8. The molecule has 5 nitrogen and oxygen atoms in total. The first kappa shape index (κ1) is 20.3. The molecule has 2 unspecified atom stereocenters. The van der Waals surface area contributed by atoms with Crippen molar-refractivity contribution in [2.45, 2.75) is 32.1 Å². The molecule has 1 aliphatic rings. The zero-order valence-corrected chi connectivity index (χ0v) is 17.1. The van der Waals surface area contributed by atoms with E-state index in [0.717, 1.165) is 6.42 Å². The fourth-order valence-electron chi connectivity index (χ4n) is 3.75. The molecule has 0 aromatic heterocycles. The van der Waals surface area contributed by atoms with Gasteiger partial charge in [0.05, 0.1) is 10.6 Å². The number of hydrogen-bond donors (Lipinski definition) is 1. The number of aryl methyl sites for hydroxylation is 1. The maximum Gasteiger partial charge on any atom is 0.262 e. The normalized spacial score (nSPS) is 20.1. The second kappa shape index (κ2) is 7.91. The largest absolute Gasteiger partial charge is 0.338 e. The molecule has 3 rings (SSSR count). The van der Waals surface area contributed by atoms with E-state index in [1.54, 1.807) is 24.0 Å². The molecule has 2 aromatic rings. The Morgan fingerprint density at radius 1 is 1.11 bits per heavy atom. The highest BCUT2D eigenvalue weighted by Gasteiger charge is 2.28. The van der Waals surface area contributed by atoms with Crippen molar-refractivity contribution < 1.29 is 17.6 Å². The number of nitrogens with zero attached hydrogens (tertiary/aromatic N) is 1. The van der Waals surface area contributed by atoms with E-state index in [1.807, 2.05) is 0 Å². The molecule has 0 aliphatic carbocycles. The molecule has 1 N–H and O–H groups in total. The third-order valence-corrected chi connectivity index (χ3v) is 6.39. The van der Waals surface area contributed by atoms with Crippen molar-refractivity contribution >= 4 is 21.6 Å². The maximum atomic E-state index is 13.8. The number of carbonyl (C=O) groups is 1. The second-order valence-corrected chi connectivity index (χ2v) is 9.40. The number of amides is 1. The van der Waals surface area contributed by atoms with Gasteiger partial charge in [-0.1, -0.05) is 32.0 Å². The molecule has 7 heteroatoms. The van der Waals surface area contributed by atoms with Crippen LogP contribution >= 0.6 is 0 Å². The van der Waals surface area contributed by atoms with E-state index in [2.05, 4.69) is 18.6 Å². The lowest BCUT2D eigenvalue weighted by Gasteiger charge is -2.35. The van der Waals surface area contributed by atoms with Crippen LogP contribution in [0.4, 0.5) is 10.1 Å². The lowest BCUT2D eigenvalue weighted by molar-refractivity contribution is 0.0622. The number of anilines is 1. The van der Waals surface area contributed by atoms with Crippen molar-refractivity contribution in [1.82, 2.24) is 4.90 Å². The fourth-order valence-corrected chi connectivity index (χ4v) is 4.84. The SMILES string of the molecule is Cc1ccc(S(=O)(=O)Nc2ccccc2F)cc1C(=O)N1CC(C)CC(C)C1. The Morgan fingerprint density at radius 3 is 2.39 bits per heavy atom. The Bertz CT molecular complexity index is 981. The molecule has 1 amide bonds. The number of carbonyl (C=O) groups excluding carboxylic acids is 1. The zero-order chi connectivity index (χ0) is 20.5. The molecule has 2 aromatic carbocycles. The van der Waals surface area contributed by atoms with E-state index in [0.29, 0.717) is 36.1 Å². The lowest BCUT2D eigenvalue weighted by atomic mass is 9.91. The average Bonchev–Trinajstić information content (AvgIpc) is 2.62. The number of rotatable bonds is 4. The van der Waals surface area contributed by atoms with Gasteiger partial charge in [-0.05, 0) is 55.0 Å². The van der Waals surface area contributed by atoms with Gasteiger partial charge in [0.25, 0.3) is 15.9 Å². The molecule has 2 atom stereocenters. The van der Waals surface area contributed by atoms with Crippen LogP contribution in [0, 0.1) is 24.6 Å². The van der Waals surface area contributed by atoms with E-state index in [4.69, 9.17) is 0 Å². The molecular weight excluding hydrogens is 379 g/mol. The highest BCUT2D eigenvalue weighted by atomic mass is 32.2. The highest BCUT2D eigenvalue weighted by Crippen LogP contribution is 2.25. The van der Waals surface area contributed by atoms with Gasteiger partial charge in [-0.3, -0.25) is 9.52 Å². The summed E-state index contributed by atoms with van der Waals surface area (Å²) in [6, 6.07) is 9.98. The minimum absolute atomic E-state index is 0.0668. The molecule has 1 heterocycles. The number of para-hydroxylation sites is 1. The van der Waals surface area contributed by atoms with Crippen molar-refractivity contribution in [2.75, 3.05) is 17.8 Å². The standard InChI is InChI=1S/C21H25FN2O3S/c1-14-10-15(2)13-24(12-14)21(25)18-11-17(9-8-16(18)3)28(26,27)23-20-7-5-4-6-19(20)22/h4-9,11,14-15,23H,10,12-13H2,1-3H3. The molecule has 0 radical (unpaired) electrons. The molecule has 0 spiro atoms. The summed E-state index contributed by atoms with van der Waals surface area (Å²) in [7, 11) is -4.02. The quantitative estimate of drug-likeness (QED) is 0.836. The van der Waals surface area contributed by atoms with Gasteiger partial charge in [-0.15, -0.1) is 0 Å². The molecular formula is C21H25FN2O3S. The topological polar surface area (TPSA) is 66.5 Å². The first-order valence-electron chi connectivity index (χ1n) is 9.34. The Morgan fingerprint density at radius 2 is 1.75 bits per heavy atom. The van der Waals surface area contributed by atoms with Crippen molar-refractivity contribution in [3.05, 3.63) is 59.4 Å². The summed E-state index contributed by atoms with van der Waals surface area (Å²) in [5.41, 5.74) is 0.938. The molecule has 0 bridgehead atoms. The number of piperidine rings is 1. The van der Waals surface area contributed by atoms with Crippen molar-refractivity contribution in [3.63, 3.8) is 0 Å². The van der Waals surface area contributed by atoms with E-state index in [9.17, 15) is 17.6 Å². The van der Waals surface area contributed by atoms with Gasteiger partial charge in [0, 0.05) is 18.7 Å². The summed E-state index contributed by atoms with van der Waals surface area (Å²) < 4.78 is 41.5. The number of hydrogen-bond acceptors (Lipinski definition) is 3. The lowest BCUT2D eigenvalue weighted by Crippen LogP contribution is -2.42. The molecule has 1 fully saturated rings. The Balaban J connectivity index is 1.90. The molecule has 1 saturated heterocycles. The second-order valence-electron chi connectivity index (χ2n) is 7.72. The fraction of sp³-hybridized carbons (Fsp3) is 0.381. The smallest absolute Gasteiger partial charge is 0.262 e. The third-order valence-electron chi connectivity index (χ3n) is 5.02. The van der Waals surface area contributed by atoms with Gasteiger partial charge >= 0.3 is 0 Å². The number of likely N-dealkylation sites (tertiary alicyclic amines) is 1. The van der Waals surface area contributed by atoms with Crippen LogP contribution in [-0.4, -0.2) is 32.3 Å². The van der Waals surface area contributed by atoms with Crippen LogP contribution in [0.1, 0.15) is 36.2 Å². The van der Waals surface area contributed by atoms with E-state index < -0.39 is 15.8 Å². The van der Waals surface area contributed by atoms with Gasteiger partial charge in [-0.25, -0.2) is 12.8 Å². The summed E-state index contributed by atoms with van der Waals surface area (Å²) in [6.07, 6.45) is 1.07. The third kappa shape index (κ3) is 4.35. The maximum absolute atomic E-state index is 13.8. The average molecular weight is 405 g/mol. The van der Waals surface area contributed by atoms with Gasteiger partial charge in [0.2, 0.25) is 0 Å². The molecule has 28 heavy (non-hydrogen) atoms. The van der Waals surface area contributed by atoms with Gasteiger partial charge < -0.3 is 4.90 Å². The summed E-state index contributed by atoms with van der Waals surface area (Å²) in [6.45, 7) is 7.33. The Labute approximate surface area is 165 Å². The molecule has 0 saturated carbocycles. The molecule has 1 aliphatic heterocycles. The predicted octanol–water partition coefficient (Wildman–Crippen LogP) is 4.05. The predicted molar refractivity (Wildman–Crippen MR) is 107 cm³/mol. The number of nitrogens with one attached hydrogen (secondary N) is 1. The Hall–Kier alpha value is -2.41. The van der Waals surface area contributed by atoms with Crippen molar-refractivity contribution in [2.24, 2.45) is 11.8 Å². The van der Waals surface area contributed by atoms with Crippen molar-refractivity contribution in [1.29, 1.82) is 0 Å². The van der Waals surface area contributed by atoms with Crippen LogP contribution in [0.15, 0.2) is 47.4 Å². The molecule has 150 valence electrons.